The highest BCUT2D eigenvalue weighted by Gasteiger charge is 2.30. The van der Waals surface area contributed by atoms with Crippen LogP contribution in [-0.4, -0.2) is 9.97 Å². The lowest BCUT2D eigenvalue weighted by molar-refractivity contribution is -0.137. The summed E-state index contributed by atoms with van der Waals surface area (Å²) < 4.78 is 37.8. The van der Waals surface area contributed by atoms with Crippen LogP contribution in [0, 0.1) is 0 Å². The van der Waals surface area contributed by atoms with Crippen molar-refractivity contribution in [2.24, 2.45) is 5.73 Å². The molecule has 3 N–H and O–H groups in total. The zero-order chi connectivity index (χ0) is 15.5. The number of nitrogens with zero attached hydrogens (tertiary/aromatic N) is 1. The van der Waals surface area contributed by atoms with Crippen molar-refractivity contribution in [2.75, 3.05) is 5.32 Å². The van der Waals surface area contributed by atoms with E-state index >= 15 is 0 Å². The van der Waals surface area contributed by atoms with E-state index in [0.717, 1.165) is 12.1 Å². The molecule has 0 bridgehead atoms. The summed E-state index contributed by atoms with van der Waals surface area (Å²) in [6.45, 7) is 0.255. The molecule has 2 aromatic rings. The van der Waals surface area contributed by atoms with Crippen LogP contribution in [0.2, 0.25) is 0 Å². The Morgan fingerprint density at radius 2 is 2.00 bits per heavy atom. The summed E-state index contributed by atoms with van der Waals surface area (Å²) in [4.78, 5) is 4.15. The van der Waals surface area contributed by atoms with E-state index in [4.69, 9.17) is 18.0 Å². The molecule has 0 saturated carbocycles. The number of pyridine rings is 1. The Hall–Kier alpha value is -2.15. The number of anilines is 1. The summed E-state index contributed by atoms with van der Waals surface area (Å²) in [5.74, 6) is 0. The van der Waals surface area contributed by atoms with Gasteiger partial charge in [-0.1, -0.05) is 24.4 Å². The fraction of sp³-hybridized carbons (Fsp3) is 0.143. The van der Waals surface area contributed by atoms with Gasteiger partial charge in [0.25, 0.3) is 0 Å². The van der Waals surface area contributed by atoms with E-state index < -0.39 is 11.7 Å². The standard InChI is InChI=1S/C14H12F3N3S/c15-14(16,17)10-3-1-2-9(6-10)8-20-11-4-5-19-12(7-11)13(18)21/h1-7H,8H2,(H2,18,21)(H,19,20). The molecule has 2 rings (SSSR count). The number of nitrogens with two attached hydrogens (primary N) is 1. The summed E-state index contributed by atoms with van der Waals surface area (Å²) in [6.07, 6.45) is -2.81. The van der Waals surface area contributed by atoms with Crippen molar-refractivity contribution in [2.45, 2.75) is 12.7 Å². The molecule has 1 aromatic heterocycles. The van der Waals surface area contributed by atoms with Gasteiger partial charge in [-0.15, -0.1) is 0 Å². The molecule has 0 radical (unpaired) electrons. The maximum absolute atomic E-state index is 12.6. The highest BCUT2D eigenvalue weighted by molar-refractivity contribution is 7.80. The van der Waals surface area contributed by atoms with Crippen molar-refractivity contribution >= 4 is 22.9 Å². The molecular formula is C14H12F3N3S. The van der Waals surface area contributed by atoms with Gasteiger partial charge in [-0.2, -0.15) is 13.2 Å². The summed E-state index contributed by atoms with van der Waals surface area (Å²) in [6, 6.07) is 8.50. The van der Waals surface area contributed by atoms with Gasteiger partial charge in [0.05, 0.1) is 11.3 Å². The van der Waals surface area contributed by atoms with Crippen LogP contribution < -0.4 is 11.1 Å². The van der Waals surface area contributed by atoms with Crippen molar-refractivity contribution in [3.05, 3.63) is 59.4 Å². The van der Waals surface area contributed by atoms with Crippen LogP contribution in [0.25, 0.3) is 0 Å². The number of aromatic nitrogens is 1. The number of benzene rings is 1. The monoisotopic (exact) mass is 311 g/mol. The molecular weight excluding hydrogens is 299 g/mol. The molecule has 7 heteroatoms. The van der Waals surface area contributed by atoms with E-state index in [1.165, 1.54) is 12.3 Å². The molecule has 1 aromatic carbocycles. The van der Waals surface area contributed by atoms with E-state index in [1.807, 2.05) is 0 Å². The van der Waals surface area contributed by atoms with Crippen LogP contribution >= 0.6 is 12.2 Å². The molecule has 0 amide bonds. The first-order chi connectivity index (χ1) is 9.86. The van der Waals surface area contributed by atoms with Gasteiger partial charge in [-0.3, -0.25) is 4.98 Å². The predicted octanol–water partition coefficient (Wildman–Crippen LogP) is 3.35. The number of nitrogens with one attached hydrogen (secondary N) is 1. The van der Waals surface area contributed by atoms with Gasteiger partial charge in [-0.05, 0) is 29.8 Å². The quantitative estimate of drug-likeness (QED) is 0.850. The Kier molecular flexibility index (Phi) is 4.42. The average Bonchev–Trinajstić information content (AvgIpc) is 2.45. The van der Waals surface area contributed by atoms with Gasteiger partial charge in [-0.25, -0.2) is 0 Å². The number of halogens is 3. The Morgan fingerprint density at radius 3 is 2.67 bits per heavy atom. The molecule has 1 heterocycles. The first kappa shape index (κ1) is 15.2. The Balaban J connectivity index is 2.10. The molecule has 0 spiro atoms. The van der Waals surface area contributed by atoms with Crippen molar-refractivity contribution in [1.29, 1.82) is 0 Å². The number of hydrogen-bond donors (Lipinski definition) is 2. The summed E-state index contributed by atoms with van der Waals surface area (Å²) in [5.41, 5.74) is 6.48. The lowest BCUT2D eigenvalue weighted by Gasteiger charge is -2.10. The molecule has 0 fully saturated rings. The number of hydrogen-bond acceptors (Lipinski definition) is 3. The third-order valence-corrected chi connectivity index (χ3v) is 2.97. The van der Waals surface area contributed by atoms with Crippen molar-refractivity contribution in [3.8, 4) is 0 Å². The van der Waals surface area contributed by atoms with E-state index in [1.54, 1.807) is 18.2 Å². The fourth-order valence-corrected chi connectivity index (χ4v) is 1.85. The maximum atomic E-state index is 12.6. The van der Waals surface area contributed by atoms with Gasteiger partial charge in [0.1, 0.15) is 4.99 Å². The second kappa shape index (κ2) is 6.09. The van der Waals surface area contributed by atoms with Gasteiger partial charge < -0.3 is 11.1 Å². The van der Waals surface area contributed by atoms with Gasteiger partial charge >= 0.3 is 6.18 Å². The zero-order valence-electron chi connectivity index (χ0n) is 10.8. The molecule has 0 aliphatic carbocycles. The van der Waals surface area contributed by atoms with Crippen LogP contribution in [0.5, 0.6) is 0 Å². The smallest absolute Gasteiger partial charge is 0.388 e. The first-order valence-electron chi connectivity index (χ1n) is 6.02. The van der Waals surface area contributed by atoms with Gasteiger partial charge in [0.2, 0.25) is 0 Å². The number of rotatable bonds is 4. The molecule has 0 aliphatic rings. The first-order valence-corrected chi connectivity index (χ1v) is 6.43. The molecule has 0 saturated heterocycles. The van der Waals surface area contributed by atoms with Crippen molar-refractivity contribution < 1.29 is 13.2 Å². The zero-order valence-corrected chi connectivity index (χ0v) is 11.6. The third kappa shape index (κ3) is 4.16. The highest BCUT2D eigenvalue weighted by Crippen LogP contribution is 2.29. The molecule has 0 atom stereocenters. The minimum absolute atomic E-state index is 0.165. The van der Waals surface area contributed by atoms with Crippen LogP contribution in [0.4, 0.5) is 18.9 Å². The number of alkyl halides is 3. The van der Waals surface area contributed by atoms with Crippen LogP contribution in [0.1, 0.15) is 16.8 Å². The van der Waals surface area contributed by atoms with Crippen LogP contribution in [-0.2, 0) is 12.7 Å². The molecule has 110 valence electrons. The Labute approximate surface area is 125 Å². The molecule has 0 aliphatic heterocycles. The lowest BCUT2D eigenvalue weighted by atomic mass is 10.1. The third-order valence-electron chi connectivity index (χ3n) is 2.76. The summed E-state index contributed by atoms with van der Waals surface area (Å²) >= 11 is 4.82. The van der Waals surface area contributed by atoms with E-state index in [0.29, 0.717) is 16.9 Å². The van der Waals surface area contributed by atoms with Crippen molar-refractivity contribution in [3.63, 3.8) is 0 Å². The van der Waals surface area contributed by atoms with Gasteiger partial charge in [0.15, 0.2) is 0 Å². The Bertz CT molecular complexity index is 656. The Morgan fingerprint density at radius 1 is 1.24 bits per heavy atom. The fourth-order valence-electron chi connectivity index (χ4n) is 1.74. The maximum Gasteiger partial charge on any atom is 0.416 e. The SMILES string of the molecule is NC(=S)c1cc(NCc2cccc(C(F)(F)F)c2)ccn1. The van der Waals surface area contributed by atoms with E-state index in [2.05, 4.69) is 10.3 Å². The van der Waals surface area contributed by atoms with Crippen molar-refractivity contribution in [1.82, 2.24) is 4.98 Å². The predicted molar refractivity (Wildman–Crippen MR) is 78.9 cm³/mol. The van der Waals surface area contributed by atoms with Crippen LogP contribution in [0.15, 0.2) is 42.6 Å². The second-order valence-electron chi connectivity index (χ2n) is 4.35. The highest BCUT2D eigenvalue weighted by atomic mass is 32.1. The minimum Gasteiger partial charge on any atom is -0.388 e. The van der Waals surface area contributed by atoms with E-state index in [9.17, 15) is 13.2 Å². The second-order valence-corrected chi connectivity index (χ2v) is 4.79. The van der Waals surface area contributed by atoms with Crippen LogP contribution in [0.3, 0.4) is 0 Å². The lowest BCUT2D eigenvalue weighted by Crippen LogP contribution is -2.12. The van der Waals surface area contributed by atoms with Gasteiger partial charge in [0, 0.05) is 18.4 Å². The minimum atomic E-state index is -4.34. The summed E-state index contributed by atoms with van der Waals surface area (Å²) in [5, 5.41) is 3.01. The molecule has 21 heavy (non-hydrogen) atoms. The average molecular weight is 311 g/mol. The normalized spacial score (nSPS) is 11.2. The topological polar surface area (TPSA) is 50.9 Å². The van der Waals surface area contributed by atoms with E-state index in [-0.39, 0.29) is 11.5 Å². The number of thiocarbonyl (C=S) groups is 1. The molecule has 0 unspecified atom stereocenters. The molecule has 3 nitrogen and oxygen atoms in total. The summed E-state index contributed by atoms with van der Waals surface area (Å²) in [7, 11) is 0. The largest absolute Gasteiger partial charge is 0.416 e.